The molecule has 0 saturated carbocycles. The fourth-order valence-electron chi connectivity index (χ4n) is 2.87. The van der Waals surface area contributed by atoms with Gasteiger partial charge in [-0.25, -0.2) is 4.79 Å². The van der Waals surface area contributed by atoms with Crippen LogP contribution in [0.25, 0.3) is 0 Å². The fraction of sp³-hybridized carbons (Fsp3) is 0.235. The third-order valence-electron chi connectivity index (χ3n) is 3.91. The maximum absolute atomic E-state index is 11.8. The second kappa shape index (κ2) is 5.48. The molecule has 0 fully saturated rings. The first-order valence-corrected chi connectivity index (χ1v) is 7.01. The highest BCUT2D eigenvalue weighted by atomic mass is 16.5. The molecule has 108 valence electrons. The molecule has 1 aliphatic rings. The van der Waals surface area contributed by atoms with E-state index in [1.807, 2.05) is 30.3 Å². The van der Waals surface area contributed by atoms with E-state index in [-0.39, 0.29) is 12.0 Å². The van der Waals surface area contributed by atoms with Crippen molar-refractivity contribution in [2.24, 2.45) is 0 Å². The van der Waals surface area contributed by atoms with Gasteiger partial charge in [0.15, 0.2) is 0 Å². The highest BCUT2D eigenvalue weighted by molar-refractivity contribution is 5.95. The van der Waals surface area contributed by atoms with Crippen LogP contribution in [0, 0.1) is 0 Å². The maximum Gasteiger partial charge on any atom is 0.339 e. The zero-order valence-electron chi connectivity index (χ0n) is 11.9. The number of benzene rings is 2. The van der Waals surface area contributed by atoms with Gasteiger partial charge >= 0.3 is 5.97 Å². The van der Waals surface area contributed by atoms with Crippen molar-refractivity contribution in [3.8, 4) is 0 Å². The number of hydrogen-bond donors (Lipinski definition) is 2. The molecule has 3 N–H and O–H groups in total. The van der Waals surface area contributed by atoms with Gasteiger partial charge in [-0.15, -0.1) is 0 Å². The molecule has 21 heavy (non-hydrogen) atoms. The van der Waals surface area contributed by atoms with Crippen LogP contribution in [-0.4, -0.2) is 13.1 Å². The molecule has 2 aromatic rings. The van der Waals surface area contributed by atoms with E-state index < -0.39 is 0 Å². The Balaban J connectivity index is 1.88. The zero-order valence-corrected chi connectivity index (χ0v) is 11.9. The number of para-hydroxylation sites is 1. The Morgan fingerprint density at radius 1 is 1.29 bits per heavy atom. The lowest BCUT2D eigenvalue weighted by Crippen LogP contribution is -2.12. The molecule has 2 aromatic carbocycles. The molecule has 1 aliphatic carbocycles. The van der Waals surface area contributed by atoms with Crippen molar-refractivity contribution in [2.45, 2.75) is 18.9 Å². The van der Waals surface area contributed by atoms with Crippen LogP contribution in [0.2, 0.25) is 0 Å². The van der Waals surface area contributed by atoms with Gasteiger partial charge in [-0.1, -0.05) is 18.2 Å². The van der Waals surface area contributed by atoms with Crippen LogP contribution in [-0.2, 0) is 11.2 Å². The van der Waals surface area contributed by atoms with Crippen molar-refractivity contribution in [1.29, 1.82) is 0 Å². The van der Waals surface area contributed by atoms with Crippen molar-refractivity contribution in [3.63, 3.8) is 0 Å². The van der Waals surface area contributed by atoms with Gasteiger partial charge in [-0.3, -0.25) is 0 Å². The fourth-order valence-corrected chi connectivity index (χ4v) is 2.87. The number of rotatable bonds is 3. The standard InChI is InChI=1S/C17H18N2O2/c1-21-17(20)14-4-2-3-5-15(14)19-16-9-6-11-10-12(18)7-8-13(11)16/h2-5,7-8,10,16,19H,6,9,18H2,1H3. The van der Waals surface area contributed by atoms with Crippen LogP contribution in [0.5, 0.6) is 0 Å². The zero-order chi connectivity index (χ0) is 14.8. The molecule has 4 nitrogen and oxygen atoms in total. The van der Waals surface area contributed by atoms with E-state index in [2.05, 4.69) is 11.4 Å². The molecule has 0 amide bonds. The minimum Gasteiger partial charge on any atom is -0.465 e. The molecule has 0 spiro atoms. The Bertz CT molecular complexity index is 682. The molecule has 1 atom stereocenters. The van der Waals surface area contributed by atoms with Crippen molar-refractivity contribution in [2.75, 3.05) is 18.2 Å². The van der Waals surface area contributed by atoms with Crippen LogP contribution >= 0.6 is 0 Å². The Labute approximate surface area is 123 Å². The molecule has 3 rings (SSSR count). The van der Waals surface area contributed by atoms with Crippen LogP contribution in [0.15, 0.2) is 42.5 Å². The number of carbonyl (C=O) groups excluding carboxylic acids is 1. The lowest BCUT2D eigenvalue weighted by Gasteiger charge is -2.17. The Kier molecular flexibility index (Phi) is 3.52. The molecule has 0 aliphatic heterocycles. The van der Waals surface area contributed by atoms with Crippen molar-refractivity contribution < 1.29 is 9.53 Å². The van der Waals surface area contributed by atoms with Crippen LogP contribution in [0.3, 0.4) is 0 Å². The summed E-state index contributed by atoms with van der Waals surface area (Å²) >= 11 is 0. The SMILES string of the molecule is COC(=O)c1ccccc1NC1CCc2cc(N)ccc21. The lowest BCUT2D eigenvalue weighted by molar-refractivity contribution is 0.0602. The number of aryl methyl sites for hydroxylation is 1. The normalized spacial score (nSPS) is 16.3. The van der Waals surface area contributed by atoms with E-state index in [1.165, 1.54) is 18.2 Å². The van der Waals surface area contributed by atoms with E-state index in [9.17, 15) is 4.79 Å². The largest absolute Gasteiger partial charge is 0.465 e. The van der Waals surface area contributed by atoms with E-state index in [4.69, 9.17) is 10.5 Å². The number of nitrogen functional groups attached to an aromatic ring is 1. The first-order chi connectivity index (χ1) is 10.2. The van der Waals surface area contributed by atoms with Gasteiger partial charge in [0.2, 0.25) is 0 Å². The third kappa shape index (κ3) is 2.57. The summed E-state index contributed by atoms with van der Waals surface area (Å²) in [5, 5.41) is 3.46. The summed E-state index contributed by atoms with van der Waals surface area (Å²) in [5.41, 5.74) is 10.5. The molecule has 0 bridgehead atoms. The predicted molar refractivity (Wildman–Crippen MR) is 83.3 cm³/mol. The summed E-state index contributed by atoms with van der Waals surface area (Å²) in [6.07, 6.45) is 1.99. The third-order valence-corrected chi connectivity index (χ3v) is 3.91. The number of esters is 1. The Hall–Kier alpha value is -2.49. The second-order valence-corrected chi connectivity index (χ2v) is 5.23. The quantitative estimate of drug-likeness (QED) is 0.670. The van der Waals surface area contributed by atoms with Crippen molar-refractivity contribution >= 4 is 17.3 Å². The number of fused-ring (bicyclic) bond motifs is 1. The van der Waals surface area contributed by atoms with E-state index in [1.54, 1.807) is 6.07 Å². The average Bonchev–Trinajstić information content (AvgIpc) is 2.89. The molecule has 0 aromatic heterocycles. The van der Waals surface area contributed by atoms with Gasteiger partial charge in [0.25, 0.3) is 0 Å². The summed E-state index contributed by atoms with van der Waals surface area (Å²) < 4.78 is 4.83. The molecule has 1 unspecified atom stereocenters. The number of methoxy groups -OCH3 is 1. The summed E-state index contributed by atoms with van der Waals surface area (Å²) in [5.74, 6) is -0.325. The monoisotopic (exact) mass is 282 g/mol. The summed E-state index contributed by atoms with van der Waals surface area (Å²) in [6.45, 7) is 0. The molecule has 0 radical (unpaired) electrons. The van der Waals surface area contributed by atoms with Gasteiger partial charge in [-0.2, -0.15) is 0 Å². The minimum atomic E-state index is -0.325. The topological polar surface area (TPSA) is 64.3 Å². The van der Waals surface area contributed by atoms with Crippen molar-refractivity contribution in [1.82, 2.24) is 0 Å². The average molecular weight is 282 g/mol. The highest BCUT2D eigenvalue weighted by Crippen LogP contribution is 2.35. The molecule has 0 heterocycles. The summed E-state index contributed by atoms with van der Waals surface area (Å²) in [6, 6.07) is 13.6. The second-order valence-electron chi connectivity index (χ2n) is 5.23. The lowest BCUT2D eigenvalue weighted by atomic mass is 10.1. The predicted octanol–water partition coefficient (Wildman–Crippen LogP) is 3.15. The van der Waals surface area contributed by atoms with Crippen LogP contribution in [0.4, 0.5) is 11.4 Å². The van der Waals surface area contributed by atoms with Crippen molar-refractivity contribution in [3.05, 3.63) is 59.2 Å². The first-order valence-electron chi connectivity index (χ1n) is 7.01. The number of carbonyl (C=O) groups is 1. The van der Waals surface area contributed by atoms with Gasteiger partial charge in [0.1, 0.15) is 0 Å². The summed E-state index contributed by atoms with van der Waals surface area (Å²) in [4.78, 5) is 11.8. The van der Waals surface area contributed by atoms with E-state index in [0.717, 1.165) is 24.2 Å². The number of ether oxygens (including phenoxy) is 1. The Morgan fingerprint density at radius 2 is 2.10 bits per heavy atom. The number of anilines is 2. The van der Waals surface area contributed by atoms with Crippen LogP contribution in [0.1, 0.15) is 33.9 Å². The maximum atomic E-state index is 11.8. The molecular formula is C17H18N2O2. The summed E-state index contributed by atoms with van der Waals surface area (Å²) in [7, 11) is 1.40. The smallest absolute Gasteiger partial charge is 0.339 e. The van der Waals surface area contributed by atoms with E-state index in [0.29, 0.717) is 5.56 Å². The number of nitrogens with two attached hydrogens (primary N) is 1. The highest BCUT2D eigenvalue weighted by Gasteiger charge is 2.23. The van der Waals surface area contributed by atoms with Gasteiger partial charge in [0.05, 0.1) is 18.7 Å². The van der Waals surface area contributed by atoms with Gasteiger partial charge < -0.3 is 15.8 Å². The molecule has 4 heteroatoms. The molecular weight excluding hydrogens is 264 g/mol. The first kappa shape index (κ1) is 13.5. The van der Waals surface area contributed by atoms with Gasteiger partial charge in [0, 0.05) is 11.4 Å². The Morgan fingerprint density at radius 3 is 2.90 bits per heavy atom. The minimum absolute atomic E-state index is 0.200. The molecule has 0 saturated heterocycles. The number of nitrogens with one attached hydrogen (secondary N) is 1. The van der Waals surface area contributed by atoms with E-state index >= 15 is 0 Å². The van der Waals surface area contributed by atoms with Gasteiger partial charge in [-0.05, 0) is 48.2 Å². The van der Waals surface area contributed by atoms with Crippen LogP contribution < -0.4 is 11.1 Å². The number of hydrogen-bond acceptors (Lipinski definition) is 4.